The maximum absolute atomic E-state index is 10.6. The van der Waals surface area contributed by atoms with E-state index in [1.165, 1.54) is 0 Å². The lowest BCUT2D eigenvalue weighted by molar-refractivity contribution is -0.132. The van der Waals surface area contributed by atoms with Gasteiger partial charge in [-0.05, 0) is 25.5 Å². The summed E-state index contributed by atoms with van der Waals surface area (Å²) >= 11 is 0. The van der Waals surface area contributed by atoms with Crippen molar-refractivity contribution in [3.8, 4) is 0 Å². The number of aryl methyl sites for hydroxylation is 1. The van der Waals surface area contributed by atoms with Gasteiger partial charge in [-0.15, -0.1) is 0 Å². The standard InChI is InChI=1S/C10H14N2O2/c1-3-6-12-9(4-5-11-12)7-8(2)10(13)14/h4-5,7H,3,6H2,1-2H3,(H,13,14)/b8-7-. The molecule has 0 radical (unpaired) electrons. The van der Waals surface area contributed by atoms with Gasteiger partial charge in [-0.3, -0.25) is 4.68 Å². The molecule has 0 atom stereocenters. The molecule has 0 amide bonds. The Morgan fingerprint density at radius 3 is 3.00 bits per heavy atom. The molecule has 0 spiro atoms. The summed E-state index contributed by atoms with van der Waals surface area (Å²) in [5, 5.41) is 12.8. The first-order chi connectivity index (χ1) is 6.65. The lowest BCUT2D eigenvalue weighted by Crippen LogP contribution is -2.02. The van der Waals surface area contributed by atoms with Crippen LogP contribution < -0.4 is 0 Å². The smallest absolute Gasteiger partial charge is 0.331 e. The quantitative estimate of drug-likeness (QED) is 0.743. The van der Waals surface area contributed by atoms with Crippen LogP contribution in [0.25, 0.3) is 6.08 Å². The van der Waals surface area contributed by atoms with Crippen LogP contribution in [-0.2, 0) is 11.3 Å². The van der Waals surface area contributed by atoms with Crippen molar-refractivity contribution in [3.05, 3.63) is 23.5 Å². The summed E-state index contributed by atoms with van der Waals surface area (Å²) in [4.78, 5) is 10.6. The lowest BCUT2D eigenvalue weighted by Gasteiger charge is -2.01. The highest BCUT2D eigenvalue weighted by Crippen LogP contribution is 2.06. The van der Waals surface area contributed by atoms with Crippen molar-refractivity contribution in [2.24, 2.45) is 0 Å². The van der Waals surface area contributed by atoms with Gasteiger partial charge in [0.15, 0.2) is 0 Å². The van der Waals surface area contributed by atoms with E-state index >= 15 is 0 Å². The van der Waals surface area contributed by atoms with Gasteiger partial charge in [0, 0.05) is 18.3 Å². The second-order valence-electron chi connectivity index (χ2n) is 3.11. The summed E-state index contributed by atoms with van der Waals surface area (Å²) < 4.78 is 1.80. The van der Waals surface area contributed by atoms with Crippen LogP contribution in [0.1, 0.15) is 26.0 Å². The zero-order valence-corrected chi connectivity index (χ0v) is 8.40. The predicted octanol–water partition coefficient (Wildman–Crippen LogP) is 1.78. The Labute approximate surface area is 82.9 Å². The monoisotopic (exact) mass is 194 g/mol. The molecule has 1 heterocycles. The number of nitrogens with zero attached hydrogens (tertiary/aromatic N) is 2. The normalized spacial score (nSPS) is 11.7. The number of carboxylic acids is 1. The lowest BCUT2D eigenvalue weighted by atomic mass is 10.2. The van der Waals surface area contributed by atoms with Crippen LogP contribution in [0.2, 0.25) is 0 Å². The van der Waals surface area contributed by atoms with E-state index in [1.807, 2.05) is 6.07 Å². The Balaban J connectivity index is 2.90. The van der Waals surface area contributed by atoms with Crippen molar-refractivity contribution in [2.45, 2.75) is 26.8 Å². The van der Waals surface area contributed by atoms with Crippen LogP contribution in [0.4, 0.5) is 0 Å². The molecule has 0 fully saturated rings. The van der Waals surface area contributed by atoms with Crippen molar-refractivity contribution < 1.29 is 9.90 Å². The molecule has 0 aliphatic rings. The average Bonchev–Trinajstić information content (AvgIpc) is 2.53. The van der Waals surface area contributed by atoms with Gasteiger partial charge in [0.05, 0.1) is 5.69 Å². The first-order valence-corrected chi connectivity index (χ1v) is 4.58. The molecular weight excluding hydrogens is 180 g/mol. The van der Waals surface area contributed by atoms with Crippen molar-refractivity contribution in [1.82, 2.24) is 9.78 Å². The predicted molar refractivity (Wildman–Crippen MR) is 53.8 cm³/mol. The van der Waals surface area contributed by atoms with Gasteiger partial charge < -0.3 is 5.11 Å². The molecule has 76 valence electrons. The van der Waals surface area contributed by atoms with Gasteiger partial charge >= 0.3 is 5.97 Å². The fourth-order valence-electron chi connectivity index (χ4n) is 1.15. The van der Waals surface area contributed by atoms with E-state index in [4.69, 9.17) is 5.11 Å². The Bertz CT molecular complexity index is 353. The number of hydrogen-bond acceptors (Lipinski definition) is 2. The van der Waals surface area contributed by atoms with E-state index in [0.717, 1.165) is 18.7 Å². The largest absolute Gasteiger partial charge is 0.478 e. The van der Waals surface area contributed by atoms with Gasteiger partial charge in [0.2, 0.25) is 0 Å². The van der Waals surface area contributed by atoms with Crippen LogP contribution in [0.15, 0.2) is 17.8 Å². The molecule has 0 bridgehead atoms. The third kappa shape index (κ3) is 2.45. The highest BCUT2D eigenvalue weighted by atomic mass is 16.4. The molecule has 1 rings (SSSR count). The summed E-state index contributed by atoms with van der Waals surface area (Å²) in [5.41, 5.74) is 1.16. The first-order valence-electron chi connectivity index (χ1n) is 4.58. The van der Waals surface area contributed by atoms with Crippen molar-refractivity contribution in [3.63, 3.8) is 0 Å². The van der Waals surface area contributed by atoms with Crippen LogP contribution in [-0.4, -0.2) is 20.9 Å². The van der Waals surface area contributed by atoms with Gasteiger partial charge in [0.1, 0.15) is 0 Å². The third-order valence-electron chi connectivity index (χ3n) is 1.89. The van der Waals surface area contributed by atoms with E-state index in [2.05, 4.69) is 12.0 Å². The highest BCUT2D eigenvalue weighted by Gasteiger charge is 2.03. The summed E-state index contributed by atoms with van der Waals surface area (Å²) in [5.74, 6) is -0.894. The zero-order chi connectivity index (χ0) is 10.6. The molecule has 0 aromatic carbocycles. The number of aliphatic carboxylic acids is 1. The van der Waals surface area contributed by atoms with Gasteiger partial charge in [0.25, 0.3) is 0 Å². The number of carboxylic acid groups (broad SMARTS) is 1. The number of carbonyl (C=O) groups is 1. The Morgan fingerprint density at radius 1 is 1.71 bits per heavy atom. The number of hydrogen-bond donors (Lipinski definition) is 1. The molecule has 0 aliphatic carbocycles. The third-order valence-corrected chi connectivity index (χ3v) is 1.89. The molecule has 4 heteroatoms. The SMILES string of the molecule is CCCn1nccc1/C=C(/C)C(=O)O. The maximum Gasteiger partial charge on any atom is 0.331 e. The van der Waals surface area contributed by atoms with E-state index in [0.29, 0.717) is 5.57 Å². The second kappa shape index (κ2) is 4.60. The summed E-state index contributed by atoms with van der Waals surface area (Å²) in [6.07, 6.45) is 4.29. The molecule has 1 N–H and O–H groups in total. The van der Waals surface area contributed by atoms with E-state index in [-0.39, 0.29) is 0 Å². The molecule has 0 unspecified atom stereocenters. The zero-order valence-electron chi connectivity index (χ0n) is 8.40. The highest BCUT2D eigenvalue weighted by molar-refractivity contribution is 5.91. The van der Waals surface area contributed by atoms with Gasteiger partial charge in [-0.25, -0.2) is 4.79 Å². The molecule has 4 nitrogen and oxygen atoms in total. The molecule has 0 saturated carbocycles. The summed E-state index contributed by atoms with van der Waals surface area (Å²) in [6, 6.07) is 1.81. The molecule has 1 aromatic rings. The summed E-state index contributed by atoms with van der Waals surface area (Å²) in [7, 11) is 0. The van der Waals surface area contributed by atoms with Crippen LogP contribution in [0.5, 0.6) is 0 Å². The number of rotatable bonds is 4. The van der Waals surface area contributed by atoms with Crippen molar-refractivity contribution >= 4 is 12.0 Å². The minimum absolute atomic E-state index is 0.322. The molecule has 0 aliphatic heterocycles. The van der Waals surface area contributed by atoms with Crippen LogP contribution >= 0.6 is 0 Å². The van der Waals surface area contributed by atoms with Crippen molar-refractivity contribution in [1.29, 1.82) is 0 Å². The first kappa shape index (κ1) is 10.5. The average molecular weight is 194 g/mol. The molecule has 1 aromatic heterocycles. The minimum Gasteiger partial charge on any atom is -0.478 e. The number of aromatic nitrogens is 2. The second-order valence-corrected chi connectivity index (χ2v) is 3.11. The molecule has 14 heavy (non-hydrogen) atoms. The Hall–Kier alpha value is -1.58. The minimum atomic E-state index is -0.894. The van der Waals surface area contributed by atoms with E-state index < -0.39 is 5.97 Å². The Morgan fingerprint density at radius 2 is 2.43 bits per heavy atom. The molecule has 0 saturated heterocycles. The van der Waals surface area contributed by atoms with Crippen molar-refractivity contribution in [2.75, 3.05) is 0 Å². The van der Waals surface area contributed by atoms with Crippen LogP contribution in [0.3, 0.4) is 0 Å². The maximum atomic E-state index is 10.6. The fraction of sp³-hybridized carbons (Fsp3) is 0.400. The van der Waals surface area contributed by atoms with Gasteiger partial charge in [-0.2, -0.15) is 5.10 Å². The summed E-state index contributed by atoms with van der Waals surface area (Å²) in [6.45, 7) is 4.44. The Kier molecular flexibility index (Phi) is 3.45. The fourth-order valence-corrected chi connectivity index (χ4v) is 1.15. The molecular formula is C10H14N2O2. The van der Waals surface area contributed by atoms with Gasteiger partial charge in [-0.1, -0.05) is 6.92 Å². The topological polar surface area (TPSA) is 55.1 Å². The van der Waals surface area contributed by atoms with Crippen LogP contribution in [0, 0.1) is 0 Å². The van der Waals surface area contributed by atoms with E-state index in [1.54, 1.807) is 23.9 Å². The van der Waals surface area contributed by atoms with E-state index in [9.17, 15) is 4.79 Å².